The SMILES string of the molecule is COCc1ccc(OC)cc1C(O)C(=O)OC. The molecule has 0 saturated carbocycles. The Morgan fingerprint density at radius 1 is 1.35 bits per heavy atom. The minimum absolute atomic E-state index is 0.299. The van der Waals surface area contributed by atoms with Crippen LogP contribution in [0.2, 0.25) is 0 Å². The Morgan fingerprint density at radius 2 is 2.06 bits per heavy atom. The third kappa shape index (κ3) is 3.18. The molecule has 0 aliphatic carbocycles. The van der Waals surface area contributed by atoms with E-state index in [2.05, 4.69) is 4.74 Å². The van der Waals surface area contributed by atoms with E-state index in [1.807, 2.05) is 0 Å². The summed E-state index contributed by atoms with van der Waals surface area (Å²) in [6.07, 6.45) is -1.33. The first-order valence-corrected chi connectivity index (χ1v) is 5.05. The number of hydrogen-bond donors (Lipinski definition) is 1. The van der Waals surface area contributed by atoms with Crippen LogP contribution in [0, 0.1) is 0 Å². The highest BCUT2D eigenvalue weighted by molar-refractivity contribution is 5.76. The molecule has 0 aliphatic rings. The van der Waals surface area contributed by atoms with Gasteiger partial charge in [0.1, 0.15) is 5.75 Å². The number of aliphatic hydroxyl groups is 1. The molecule has 0 fully saturated rings. The molecule has 0 heterocycles. The summed E-state index contributed by atoms with van der Waals surface area (Å²) in [5, 5.41) is 9.83. The van der Waals surface area contributed by atoms with E-state index in [0.717, 1.165) is 0 Å². The van der Waals surface area contributed by atoms with Gasteiger partial charge < -0.3 is 19.3 Å². The molecule has 0 radical (unpaired) electrons. The molecule has 1 atom stereocenters. The number of methoxy groups -OCH3 is 3. The summed E-state index contributed by atoms with van der Waals surface area (Å²) in [6.45, 7) is 0.299. The lowest BCUT2D eigenvalue weighted by Gasteiger charge is -2.14. The van der Waals surface area contributed by atoms with Crippen molar-refractivity contribution in [3.05, 3.63) is 29.3 Å². The van der Waals surface area contributed by atoms with Gasteiger partial charge in [-0.2, -0.15) is 0 Å². The number of aliphatic hydroxyl groups excluding tert-OH is 1. The van der Waals surface area contributed by atoms with E-state index in [0.29, 0.717) is 23.5 Å². The molecule has 0 spiro atoms. The lowest BCUT2D eigenvalue weighted by atomic mass is 10.0. The zero-order valence-electron chi connectivity index (χ0n) is 10.1. The molecule has 94 valence electrons. The summed E-state index contributed by atoms with van der Waals surface area (Å²) < 4.78 is 14.6. The van der Waals surface area contributed by atoms with Crippen molar-refractivity contribution < 1.29 is 24.1 Å². The minimum Gasteiger partial charge on any atom is -0.497 e. The van der Waals surface area contributed by atoms with E-state index < -0.39 is 12.1 Å². The first-order chi connectivity index (χ1) is 8.13. The van der Waals surface area contributed by atoms with Gasteiger partial charge in [-0.1, -0.05) is 6.07 Å². The maximum atomic E-state index is 11.3. The fourth-order valence-corrected chi connectivity index (χ4v) is 1.48. The minimum atomic E-state index is -1.33. The lowest BCUT2D eigenvalue weighted by Crippen LogP contribution is -2.15. The fourth-order valence-electron chi connectivity index (χ4n) is 1.48. The summed E-state index contributed by atoms with van der Waals surface area (Å²) in [7, 11) is 4.28. The van der Waals surface area contributed by atoms with Gasteiger partial charge in [-0.15, -0.1) is 0 Å². The van der Waals surface area contributed by atoms with Crippen LogP contribution in [0.3, 0.4) is 0 Å². The zero-order chi connectivity index (χ0) is 12.8. The summed E-state index contributed by atoms with van der Waals surface area (Å²) in [4.78, 5) is 11.3. The Hall–Kier alpha value is -1.59. The molecular weight excluding hydrogens is 224 g/mol. The van der Waals surface area contributed by atoms with E-state index >= 15 is 0 Å². The van der Waals surface area contributed by atoms with Crippen molar-refractivity contribution in [2.24, 2.45) is 0 Å². The number of carbonyl (C=O) groups is 1. The van der Waals surface area contributed by atoms with Crippen LogP contribution in [0.1, 0.15) is 17.2 Å². The fraction of sp³-hybridized carbons (Fsp3) is 0.417. The van der Waals surface area contributed by atoms with E-state index in [1.54, 1.807) is 25.3 Å². The molecule has 1 aromatic carbocycles. The summed E-state index contributed by atoms with van der Waals surface area (Å²) in [5.41, 5.74) is 1.14. The Balaban J connectivity index is 3.11. The smallest absolute Gasteiger partial charge is 0.339 e. The Morgan fingerprint density at radius 3 is 2.59 bits per heavy atom. The van der Waals surface area contributed by atoms with Gasteiger partial charge >= 0.3 is 5.97 Å². The molecular formula is C12H16O5. The highest BCUT2D eigenvalue weighted by atomic mass is 16.5. The van der Waals surface area contributed by atoms with Crippen LogP contribution < -0.4 is 4.74 Å². The van der Waals surface area contributed by atoms with Crippen molar-refractivity contribution in [1.29, 1.82) is 0 Å². The molecule has 0 amide bonds. The maximum absolute atomic E-state index is 11.3. The normalized spacial score (nSPS) is 12.0. The van der Waals surface area contributed by atoms with Crippen molar-refractivity contribution >= 4 is 5.97 Å². The van der Waals surface area contributed by atoms with Crippen LogP contribution in [-0.2, 0) is 20.9 Å². The van der Waals surface area contributed by atoms with Crippen molar-refractivity contribution in [2.75, 3.05) is 21.3 Å². The Kier molecular flexibility index (Phi) is 4.93. The summed E-state index contributed by atoms with van der Waals surface area (Å²) >= 11 is 0. The third-order valence-electron chi connectivity index (χ3n) is 2.37. The Bertz CT molecular complexity index is 388. The van der Waals surface area contributed by atoms with Crippen LogP contribution in [0.15, 0.2) is 18.2 Å². The third-order valence-corrected chi connectivity index (χ3v) is 2.37. The molecule has 1 aromatic rings. The first kappa shape index (κ1) is 13.5. The molecule has 1 unspecified atom stereocenters. The number of hydrogen-bond acceptors (Lipinski definition) is 5. The van der Waals surface area contributed by atoms with Crippen molar-refractivity contribution in [3.8, 4) is 5.75 Å². The van der Waals surface area contributed by atoms with Gasteiger partial charge in [0.05, 0.1) is 20.8 Å². The predicted molar refractivity (Wildman–Crippen MR) is 60.7 cm³/mol. The van der Waals surface area contributed by atoms with Gasteiger partial charge in [0, 0.05) is 12.7 Å². The molecule has 1 rings (SSSR count). The number of esters is 1. The molecule has 0 aliphatic heterocycles. The van der Waals surface area contributed by atoms with E-state index in [1.165, 1.54) is 14.2 Å². The van der Waals surface area contributed by atoms with E-state index in [4.69, 9.17) is 9.47 Å². The first-order valence-electron chi connectivity index (χ1n) is 5.05. The molecule has 0 bridgehead atoms. The predicted octanol–water partition coefficient (Wildman–Crippen LogP) is 1.05. The van der Waals surface area contributed by atoms with Crippen LogP contribution in [0.25, 0.3) is 0 Å². The van der Waals surface area contributed by atoms with Gasteiger partial charge in [0.2, 0.25) is 0 Å². The van der Waals surface area contributed by atoms with Crippen LogP contribution in [0.5, 0.6) is 5.75 Å². The average Bonchev–Trinajstić information content (AvgIpc) is 2.37. The number of rotatable bonds is 5. The number of benzene rings is 1. The second kappa shape index (κ2) is 6.22. The topological polar surface area (TPSA) is 65.0 Å². The van der Waals surface area contributed by atoms with Crippen LogP contribution in [0.4, 0.5) is 0 Å². The van der Waals surface area contributed by atoms with Gasteiger partial charge in [-0.25, -0.2) is 4.79 Å². The summed E-state index contributed by atoms with van der Waals surface area (Å²) in [6, 6.07) is 5.07. The van der Waals surface area contributed by atoms with E-state index in [-0.39, 0.29) is 0 Å². The van der Waals surface area contributed by atoms with Crippen molar-refractivity contribution in [3.63, 3.8) is 0 Å². The molecule has 17 heavy (non-hydrogen) atoms. The average molecular weight is 240 g/mol. The van der Waals surface area contributed by atoms with E-state index in [9.17, 15) is 9.90 Å². The molecule has 5 heteroatoms. The molecule has 1 N–H and O–H groups in total. The van der Waals surface area contributed by atoms with Crippen molar-refractivity contribution in [2.45, 2.75) is 12.7 Å². The quantitative estimate of drug-likeness (QED) is 0.779. The Labute approximate surface area is 99.9 Å². The second-order valence-corrected chi connectivity index (χ2v) is 3.42. The second-order valence-electron chi connectivity index (χ2n) is 3.42. The molecule has 5 nitrogen and oxygen atoms in total. The standard InChI is InChI=1S/C12H16O5/c1-15-7-8-4-5-9(16-2)6-10(8)11(13)12(14)17-3/h4-6,11,13H,7H2,1-3H3. The van der Waals surface area contributed by atoms with Gasteiger partial charge in [0.15, 0.2) is 6.10 Å². The monoisotopic (exact) mass is 240 g/mol. The van der Waals surface area contributed by atoms with Gasteiger partial charge in [-0.3, -0.25) is 0 Å². The highest BCUT2D eigenvalue weighted by Crippen LogP contribution is 2.25. The number of carbonyl (C=O) groups excluding carboxylic acids is 1. The van der Waals surface area contributed by atoms with Crippen molar-refractivity contribution in [1.82, 2.24) is 0 Å². The number of ether oxygens (including phenoxy) is 3. The van der Waals surface area contributed by atoms with Gasteiger partial charge in [0.25, 0.3) is 0 Å². The zero-order valence-corrected chi connectivity index (χ0v) is 10.1. The highest BCUT2D eigenvalue weighted by Gasteiger charge is 2.21. The largest absolute Gasteiger partial charge is 0.497 e. The molecule has 0 saturated heterocycles. The van der Waals surface area contributed by atoms with Crippen LogP contribution in [-0.4, -0.2) is 32.4 Å². The summed E-state index contributed by atoms with van der Waals surface area (Å²) in [5.74, 6) is -0.154. The lowest BCUT2D eigenvalue weighted by molar-refractivity contribution is -0.150. The molecule has 0 aromatic heterocycles. The van der Waals surface area contributed by atoms with Gasteiger partial charge in [-0.05, 0) is 17.7 Å². The maximum Gasteiger partial charge on any atom is 0.339 e. The van der Waals surface area contributed by atoms with Crippen LogP contribution >= 0.6 is 0 Å².